The number of halogens is 1. The summed E-state index contributed by atoms with van der Waals surface area (Å²) < 4.78 is 0. The maximum atomic E-state index is 12.0. The Labute approximate surface area is 117 Å². The number of amides is 1. The summed E-state index contributed by atoms with van der Waals surface area (Å²) in [4.78, 5) is 12.0. The van der Waals surface area contributed by atoms with Crippen molar-refractivity contribution in [1.29, 1.82) is 0 Å². The molecule has 1 aromatic carbocycles. The van der Waals surface area contributed by atoms with Crippen LogP contribution in [0.2, 0.25) is 0 Å². The maximum Gasteiger partial charge on any atom is 0.248 e. The van der Waals surface area contributed by atoms with Crippen LogP contribution in [0.15, 0.2) is 36.4 Å². The number of benzene rings is 1. The monoisotopic (exact) mass is 277 g/mol. The number of hydrogen-bond acceptors (Lipinski definition) is 2. The number of alkyl halides is 1. The van der Waals surface area contributed by atoms with Gasteiger partial charge in [-0.2, -0.15) is 5.10 Å². The van der Waals surface area contributed by atoms with E-state index >= 15 is 0 Å². The number of carbonyl (C=O) groups excluding carboxylic acids is 1. The largest absolute Gasteiger partial charge is 0.308 e. The van der Waals surface area contributed by atoms with Gasteiger partial charge in [-0.05, 0) is 11.5 Å². The van der Waals surface area contributed by atoms with Crippen molar-refractivity contribution in [3.8, 4) is 0 Å². The van der Waals surface area contributed by atoms with Gasteiger partial charge in [0.05, 0.1) is 0 Å². The minimum absolute atomic E-state index is 0.283. The molecule has 0 aliphatic heterocycles. The Morgan fingerprint density at radius 3 is 2.58 bits per heavy atom. The quantitative estimate of drug-likeness (QED) is 0.841. The number of aromatic nitrogens is 2. The lowest BCUT2D eigenvalue weighted by Gasteiger charge is -2.08. The van der Waals surface area contributed by atoms with E-state index in [-0.39, 0.29) is 5.91 Å². The van der Waals surface area contributed by atoms with E-state index in [2.05, 4.69) is 15.5 Å². The molecule has 100 valence electrons. The lowest BCUT2D eigenvalue weighted by Crippen LogP contribution is -2.17. The molecule has 1 aromatic heterocycles. The number of aromatic amines is 1. The molecule has 0 saturated carbocycles. The first-order valence-corrected chi connectivity index (χ1v) is 6.56. The van der Waals surface area contributed by atoms with Crippen LogP contribution in [-0.4, -0.2) is 16.1 Å². The van der Waals surface area contributed by atoms with E-state index in [1.807, 2.05) is 50.2 Å². The smallest absolute Gasteiger partial charge is 0.248 e. The van der Waals surface area contributed by atoms with E-state index in [0.29, 0.717) is 11.7 Å². The van der Waals surface area contributed by atoms with Gasteiger partial charge in [0, 0.05) is 11.8 Å². The van der Waals surface area contributed by atoms with Gasteiger partial charge in [0.15, 0.2) is 5.82 Å². The predicted octanol–water partition coefficient (Wildman–Crippen LogP) is 3.45. The highest BCUT2D eigenvalue weighted by Gasteiger charge is 2.18. The summed E-state index contributed by atoms with van der Waals surface area (Å²) in [6.45, 7) is 4.10. The van der Waals surface area contributed by atoms with Crippen LogP contribution in [0.5, 0.6) is 0 Å². The molecule has 1 amide bonds. The minimum Gasteiger partial charge on any atom is -0.308 e. The average Bonchev–Trinajstić information content (AvgIpc) is 2.87. The van der Waals surface area contributed by atoms with Gasteiger partial charge in [0.25, 0.3) is 0 Å². The van der Waals surface area contributed by atoms with Gasteiger partial charge < -0.3 is 5.32 Å². The Bertz CT molecular complexity index is 551. The third-order valence-electron chi connectivity index (χ3n) is 2.79. The van der Waals surface area contributed by atoms with Crippen LogP contribution >= 0.6 is 11.6 Å². The number of H-pyrrole nitrogens is 1. The first kappa shape index (κ1) is 13.6. The summed E-state index contributed by atoms with van der Waals surface area (Å²) in [5.41, 5.74) is 1.74. The Hall–Kier alpha value is -1.81. The zero-order chi connectivity index (χ0) is 13.8. The third-order valence-corrected chi connectivity index (χ3v) is 3.24. The highest BCUT2D eigenvalue weighted by atomic mass is 35.5. The molecule has 0 saturated heterocycles. The number of hydrogen-bond donors (Lipinski definition) is 2. The summed E-state index contributed by atoms with van der Waals surface area (Å²) in [6.07, 6.45) is 0. The summed E-state index contributed by atoms with van der Waals surface area (Å²) in [6, 6.07) is 11.0. The Morgan fingerprint density at radius 1 is 1.32 bits per heavy atom. The van der Waals surface area contributed by atoms with Gasteiger partial charge in [0.2, 0.25) is 5.91 Å². The van der Waals surface area contributed by atoms with Gasteiger partial charge in [-0.1, -0.05) is 44.2 Å². The number of nitrogens with zero attached hydrogens (tertiary/aromatic N) is 1. The normalized spacial score (nSPS) is 12.4. The van der Waals surface area contributed by atoms with Crippen LogP contribution < -0.4 is 5.32 Å². The van der Waals surface area contributed by atoms with Crippen molar-refractivity contribution in [1.82, 2.24) is 10.2 Å². The van der Waals surface area contributed by atoms with Gasteiger partial charge in [-0.15, -0.1) is 11.6 Å². The van der Waals surface area contributed by atoms with Gasteiger partial charge >= 0.3 is 0 Å². The van der Waals surface area contributed by atoms with Gasteiger partial charge in [-0.3, -0.25) is 9.89 Å². The SMILES string of the molecule is CC(C)c1cc(NC(=O)C(Cl)c2ccccc2)n[nH]1. The molecule has 0 aliphatic rings. The second-order valence-corrected chi connectivity index (χ2v) is 5.06. The second-order valence-electron chi connectivity index (χ2n) is 4.63. The predicted molar refractivity (Wildman–Crippen MR) is 76.3 cm³/mol. The van der Waals surface area contributed by atoms with Crippen molar-refractivity contribution in [2.75, 3.05) is 5.32 Å². The maximum absolute atomic E-state index is 12.0. The number of anilines is 1. The molecule has 2 N–H and O–H groups in total. The van der Waals surface area contributed by atoms with Crippen molar-refractivity contribution in [2.24, 2.45) is 0 Å². The molecule has 0 bridgehead atoms. The van der Waals surface area contributed by atoms with Crippen LogP contribution in [0, 0.1) is 0 Å². The molecular weight excluding hydrogens is 262 g/mol. The molecule has 1 unspecified atom stereocenters. The lowest BCUT2D eigenvalue weighted by molar-refractivity contribution is -0.116. The number of rotatable bonds is 4. The number of carbonyl (C=O) groups is 1. The fourth-order valence-electron chi connectivity index (χ4n) is 1.66. The van der Waals surface area contributed by atoms with E-state index in [1.165, 1.54) is 0 Å². The Balaban J connectivity index is 2.04. The highest BCUT2D eigenvalue weighted by Crippen LogP contribution is 2.22. The van der Waals surface area contributed by atoms with Crippen LogP contribution in [0.1, 0.15) is 36.4 Å². The van der Waals surface area contributed by atoms with E-state index < -0.39 is 5.38 Å². The molecule has 1 atom stereocenters. The minimum atomic E-state index is -0.722. The van der Waals surface area contributed by atoms with Gasteiger partial charge in [-0.25, -0.2) is 0 Å². The zero-order valence-corrected chi connectivity index (χ0v) is 11.6. The van der Waals surface area contributed by atoms with Crippen molar-refractivity contribution in [2.45, 2.75) is 25.1 Å². The summed E-state index contributed by atoms with van der Waals surface area (Å²) in [5.74, 6) is 0.545. The topological polar surface area (TPSA) is 57.8 Å². The average molecular weight is 278 g/mol. The van der Waals surface area contributed by atoms with E-state index in [1.54, 1.807) is 0 Å². The fourth-order valence-corrected chi connectivity index (χ4v) is 1.86. The standard InChI is InChI=1S/C14H16ClN3O/c1-9(2)11-8-12(18-17-11)16-14(19)13(15)10-6-4-3-5-7-10/h3-9,13H,1-2H3,(H2,16,17,18,19). The van der Waals surface area contributed by atoms with Crippen LogP contribution in [-0.2, 0) is 4.79 Å². The van der Waals surface area contributed by atoms with E-state index in [0.717, 1.165) is 11.3 Å². The van der Waals surface area contributed by atoms with Crippen molar-refractivity contribution in [3.63, 3.8) is 0 Å². The third kappa shape index (κ3) is 3.35. The van der Waals surface area contributed by atoms with Crippen LogP contribution in [0.4, 0.5) is 5.82 Å². The van der Waals surface area contributed by atoms with Crippen molar-refractivity contribution < 1.29 is 4.79 Å². The molecular formula is C14H16ClN3O. The fraction of sp³-hybridized carbons (Fsp3) is 0.286. The summed E-state index contributed by atoms with van der Waals surface area (Å²) in [7, 11) is 0. The molecule has 0 radical (unpaired) electrons. The van der Waals surface area contributed by atoms with Crippen LogP contribution in [0.3, 0.4) is 0 Å². The molecule has 4 nitrogen and oxygen atoms in total. The Kier molecular flexibility index (Phi) is 4.22. The van der Waals surface area contributed by atoms with E-state index in [4.69, 9.17) is 11.6 Å². The first-order chi connectivity index (χ1) is 9.08. The van der Waals surface area contributed by atoms with E-state index in [9.17, 15) is 4.79 Å². The van der Waals surface area contributed by atoms with Gasteiger partial charge in [0.1, 0.15) is 5.38 Å². The summed E-state index contributed by atoms with van der Waals surface area (Å²) >= 11 is 6.13. The van der Waals surface area contributed by atoms with Crippen molar-refractivity contribution in [3.05, 3.63) is 47.7 Å². The molecule has 2 aromatic rings. The molecule has 2 rings (SSSR count). The second kappa shape index (κ2) is 5.89. The summed E-state index contributed by atoms with van der Waals surface area (Å²) in [5, 5.41) is 8.90. The highest BCUT2D eigenvalue weighted by molar-refractivity contribution is 6.32. The molecule has 19 heavy (non-hydrogen) atoms. The molecule has 0 fully saturated rings. The molecule has 0 aliphatic carbocycles. The number of nitrogens with one attached hydrogen (secondary N) is 2. The van der Waals surface area contributed by atoms with Crippen LogP contribution in [0.25, 0.3) is 0 Å². The van der Waals surface area contributed by atoms with Crippen molar-refractivity contribution >= 4 is 23.3 Å². The first-order valence-electron chi connectivity index (χ1n) is 6.13. The zero-order valence-electron chi connectivity index (χ0n) is 10.9. The molecule has 1 heterocycles. The molecule has 5 heteroatoms. The lowest BCUT2D eigenvalue weighted by atomic mass is 10.1. The molecule has 0 spiro atoms. The Morgan fingerprint density at radius 2 is 2.00 bits per heavy atom.